The first-order valence-electron chi connectivity index (χ1n) is 10.4. The van der Waals surface area contributed by atoms with Crippen LogP contribution in [0.3, 0.4) is 0 Å². The molecule has 34 heavy (non-hydrogen) atoms. The molecule has 6 rings (SSSR count). The van der Waals surface area contributed by atoms with Crippen LogP contribution in [-0.2, 0) is 13.1 Å². The highest BCUT2D eigenvalue weighted by Crippen LogP contribution is 2.26. The van der Waals surface area contributed by atoms with Crippen molar-refractivity contribution in [1.82, 2.24) is 45.2 Å². The molecular weight excluding hydrogens is 456 g/mol. The van der Waals surface area contributed by atoms with E-state index in [1.165, 1.54) is 6.33 Å². The molecule has 0 aliphatic rings. The lowest BCUT2D eigenvalue weighted by atomic mass is 10.1. The van der Waals surface area contributed by atoms with Crippen LogP contribution in [0.4, 0.5) is 5.82 Å². The Kier molecular flexibility index (Phi) is 4.62. The van der Waals surface area contributed by atoms with Crippen molar-refractivity contribution in [2.24, 2.45) is 0 Å². The van der Waals surface area contributed by atoms with Gasteiger partial charge in [0.1, 0.15) is 17.4 Å². The third-order valence-electron chi connectivity index (χ3n) is 5.63. The number of nitrogens with zero attached hydrogens (tertiary/aromatic N) is 6. The van der Waals surface area contributed by atoms with Crippen molar-refractivity contribution >= 4 is 56.4 Å². The van der Waals surface area contributed by atoms with E-state index in [9.17, 15) is 4.79 Å². The van der Waals surface area contributed by atoms with Crippen LogP contribution in [0.5, 0.6) is 0 Å². The number of nitrogen functional groups attached to an aromatic ring is 1. The van der Waals surface area contributed by atoms with E-state index in [-0.39, 0.29) is 5.91 Å². The largest absolute Gasteiger partial charge is 0.382 e. The summed E-state index contributed by atoms with van der Waals surface area (Å²) in [7, 11) is 0. The SMILES string of the molecule is Nc1ncnc2c1ncn2Cc1cc(Cl)cc2cc(CNC(=O)c3ccc4nn[nH]c4c3)[nH]c12. The molecule has 0 saturated carbocycles. The summed E-state index contributed by atoms with van der Waals surface area (Å²) in [4.78, 5) is 28.7. The number of nitrogens with two attached hydrogens (primary N) is 1. The molecule has 5 N–H and O–H groups in total. The van der Waals surface area contributed by atoms with E-state index in [4.69, 9.17) is 17.3 Å². The Morgan fingerprint density at radius 3 is 2.97 bits per heavy atom. The second-order valence-electron chi connectivity index (χ2n) is 7.85. The normalized spacial score (nSPS) is 11.6. The minimum absolute atomic E-state index is 0.199. The smallest absolute Gasteiger partial charge is 0.251 e. The number of H-pyrrole nitrogens is 2. The molecule has 2 aromatic carbocycles. The standard InChI is InChI=1S/C22H17ClN10O/c23-14-3-12-5-15(7-25-22(34)11-1-2-16-17(6-11)31-32-30-16)29-18(12)13(4-14)8-33-10-28-19-20(24)26-9-27-21(19)33/h1-6,9-10,29H,7-8H2,(H,25,34)(H2,24,26,27)(H,30,31,32). The second-order valence-corrected chi connectivity index (χ2v) is 8.29. The number of hydrogen-bond acceptors (Lipinski definition) is 7. The number of rotatable bonds is 5. The third-order valence-corrected chi connectivity index (χ3v) is 5.85. The zero-order chi connectivity index (χ0) is 23.2. The molecule has 4 heterocycles. The molecule has 0 unspecified atom stereocenters. The Morgan fingerprint density at radius 1 is 1.15 bits per heavy atom. The molecule has 0 saturated heterocycles. The van der Waals surface area contributed by atoms with Crippen molar-refractivity contribution in [1.29, 1.82) is 0 Å². The summed E-state index contributed by atoms with van der Waals surface area (Å²) in [6.07, 6.45) is 3.10. The number of aromatic amines is 2. The van der Waals surface area contributed by atoms with Crippen molar-refractivity contribution in [3.63, 3.8) is 0 Å². The van der Waals surface area contributed by atoms with Crippen LogP contribution in [0.25, 0.3) is 33.1 Å². The molecule has 0 aliphatic carbocycles. The highest BCUT2D eigenvalue weighted by Gasteiger charge is 2.13. The van der Waals surface area contributed by atoms with Gasteiger partial charge < -0.3 is 20.6 Å². The van der Waals surface area contributed by atoms with Crippen LogP contribution in [0.1, 0.15) is 21.6 Å². The average Bonchev–Trinajstić information content (AvgIpc) is 3.56. The van der Waals surface area contributed by atoms with Crippen LogP contribution in [0.15, 0.2) is 49.1 Å². The Labute approximate surface area is 196 Å². The summed E-state index contributed by atoms with van der Waals surface area (Å²) in [6.45, 7) is 0.802. The number of carbonyl (C=O) groups is 1. The van der Waals surface area contributed by atoms with Gasteiger partial charge in [0.25, 0.3) is 5.91 Å². The molecule has 0 spiro atoms. The van der Waals surface area contributed by atoms with Gasteiger partial charge in [-0.3, -0.25) is 9.89 Å². The van der Waals surface area contributed by atoms with Gasteiger partial charge in [-0.1, -0.05) is 16.8 Å². The van der Waals surface area contributed by atoms with Gasteiger partial charge in [-0.15, -0.1) is 5.10 Å². The van der Waals surface area contributed by atoms with Gasteiger partial charge in [-0.25, -0.2) is 15.0 Å². The summed E-state index contributed by atoms with van der Waals surface area (Å²) in [6, 6.07) is 10.9. The number of fused-ring (bicyclic) bond motifs is 3. The van der Waals surface area contributed by atoms with Crippen LogP contribution in [0, 0.1) is 0 Å². The van der Waals surface area contributed by atoms with E-state index in [0.29, 0.717) is 51.7 Å². The van der Waals surface area contributed by atoms with Gasteiger partial charge in [0.15, 0.2) is 11.5 Å². The molecule has 6 aromatic rings. The quantitative estimate of drug-likeness (QED) is 0.300. The maximum atomic E-state index is 12.7. The predicted octanol–water partition coefficient (Wildman–Crippen LogP) is 2.79. The number of anilines is 1. The molecule has 0 aliphatic heterocycles. The maximum Gasteiger partial charge on any atom is 0.251 e. The third kappa shape index (κ3) is 3.48. The molecule has 0 bridgehead atoms. The monoisotopic (exact) mass is 472 g/mol. The minimum atomic E-state index is -0.199. The number of amides is 1. The second kappa shape index (κ2) is 7.81. The van der Waals surface area contributed by atoms with E-state index in [1.54, 1.807) is 24.5 Å². The zero-order valence-electron chi connectivity index (χ0n) is 17.6. The molecule has 4 aromatic heterocycles. The summed E-state index contributed by atoms with van der Waals surface area (Å²) in [5, 5.41) is 14.9. The highest BCUT2D eigenvalue weighted by molar-refractivity contribution is 6.31. The first-order chi connectivity index (χ1) is 16.5. The first-order valence-corrected chi connectivity index (χ1v) is 10.7. The summed E-state index contributed by atoms with van der Waals surface area (Å²) >= 11 is 6.40. The van der Waals surface area contributed by atoms with Crippen molar-refractivity contribution in [2.45, 2.75) is 13.1 Å². The highest BCUT2D eigenvalue weighted by atomic mass is 35.5. The molecule has 11 nitrogen and oxygen atoms in total. The van der Waals surface area contributed by atoms with E-state index < -0.39 is 0 Å². The first kappa shape index (κ1) is 20.1. The molecule has 168 valence electrons. The zero-order valence-corrected chi connectivity index (χ0v) is 18.3. The van der Waals surface area contributed by atoms with Gasteiger partial charge >= 0.3 is 0 Å². The van der Waals surface area contributed by atoms with Crippen molar-refractivity contribution in [3.05, 3.63) is 70.9 Å². The number of hydrogen-bond donors (Lipinski definition) is 4. The van der Waals surface area contributed by atoms with Crippen LogP contribution < -0.4 is 11.1 Å². The Hall–Kier alpha value is -4.51. The number of aromatic nitrogens is 8. The van der Waals surface area contributed by atoms with E-state index in [1.807, 2.05) is 22.8 Å². The number of benzene rings is 2. The fourth-order valence-electron chi connectivity index (χ4n) is 4.02. The van der Waals surface area contributed by atoms with Gasteiger partial charge in [0.05, 0.1) is 30.5 Å². The van der Waals surface area contributed by atoms with E-state index in [2.05, 4.69) is 40.7 Å². The fraction of sp³-hybridized carbons (Fsp3) is 0.0909. The molecule has 0 atom stereocenters. The van der Waals surface area contributed by atoms with Crippen LogP contribution in [-0.4, -0.2) is 45.8 Å². The Balaban J connectivity index is 1.26. The minimum Gasteiger partial charge on any atom is -0.382 e. The molecule has 0 fully saturated rings. The van der Waals surface area contributed by atoms with E-state index >= 15 is 0 Å². The number of halogens is 1. The lowest BCUT2D eigenvalue weighted by Gasteiger charge is -2.07. The Morgan fingerprint density at radius 2 is 2.06 bits per heavy atom. The van der Waals surface area contributed by atoms with Crippen LogP contribution >= 0.6 is 11.6 Å². The number of imidazole rings is 1. The summed E-state index contributed by atoms with van der Waals surface area (Å²) < 4.78 is 1.89. The lowest BCUT2D eigenvalue weighted by Crippen LogP contribution is -2.22. The van der Waals surface area contributed by atoms with Gasteiger partial charge in [0, 0.05) is 21.7 Å². The fourth-order valence-corrected chi connectivity index (χ4v) is 4.27. The topological polar surface area (TPSA) is 156 Å². The van der Waals surface area contributed by atoms with Crippen molar-refractivity contribution < 1.29 is 4.79 Å². The summed E-state index contributed by atoms with van der Waals surface area (Å²) in [5.74, 6) is 0.136. The van der Waals surface area contributed by atoms with Gasteiger partial charge in [-0.2, -0.15) is 0 Å². The maximum absolute atomic E-state index is 12.7. The predicted molar refractivity (Wildman–Crippen MR) is 127 cm³/mol. The van der Waals surface area contributed by atoms with Gasteiger partial charge in [0.2, 0.25) is 0 Å². The summed E-state index contributed by atoms with van der Waals surface area (Å²) in [5.41, 5.74) is 11.8. The molecule has 1 amide bonds. The lowest BCUT2D eigenvalue weighted by molar-refractivity contribution is 0.0950. The molecular formula is C22H17ClN10O. The molecule has 12 heteroatoms. The van der Waals surface area contributed by atoms with Crippen LogP contribution in [0.2, 0.25) is 5.02 Å². The van der Waals surface area contributed by atoms with Crippen molar-refractivity contribution in [3.8, 4) is 0 Å². The molecule has 0 radical (unpaired) electrons. The number of nitrogens with one attached hydrogen (secondary N) is 3. The van der Waals surface area contributed by atoms with Crippen molar-refractivity contribution in [2.75, 3.05) is 5.73 Å². The Bertz CT molecular complexity index is 1700. The number of carbonyl (C=O) groups excluding carboxylic acids is 1. The average molecular weight is 473 g/mol. The van der Waals surface area contributed by atoms with Gasteiger partial charge in [-0.05, 0) is 42.0 Å². The van der Waals surface area contributed by atoms with E-state index in [0.717, 1.165) is 22.2 Å².